The zero-order valence-electron chi connectivity index (χ0n) is 20.5. The molecule has 1 aliphatic heterocycles. The minimum absolute atomic E-state index is 0.237. The number of carbonyl (C=O) groups excluding carboxylic acids is 1. The molecule has 0 saturated heterocycles. The number of rotatable bonds is 7. The first kappa shape index (κ1) is 23.5. The Hall–Kier alpha value is -2.23. The first-order valence-corrected chi connectivity index (χ1v) is 14.0. The van der Waals surface area contributed by atoms with E-state index in [4.69, 9.17) is 0 Å². The molecule has 2 nitrogen and oxygen atoms in total. The highest BCUT2D eigenvalue weighted by atomic mass is 32.1. The summed E-state index contributed by atoms with van der Waals surface area (Å²) >= 11 is 1.85. The minimum atomic E-state index is -0.398. The van der Waals surface area contributed by atoms with Crippen LogP contribution in [0.1, 0.15) is 69.4 Å². The highest BCUT2D eigenvalue weighted by molar-refractivity contribution is 7.17. The van der Waals surface area contributed by atoms with E-state index in [0.29, 0.717) is 5.78 Å². The Morgan fingerprint density at radius 2 is 1.82 bits per heavy atom. The van der Waals surface area contributed by atoms with Crippen molar-refractivity contribution in [3.8, 4) is 0 Å². The Bertz CT molecular complexity index is 1140. The quantitative estimate of drug-likeness (QED) is 0.349. The molecule has 34 heavy (non-hydrogen) atoms. The molecular weight excluding hydrogens is 434 g/mol. The molecule has 1 saturated carbocycles. The number of allylic oxidation sites excluding steroid dienone is 1. The molecule has 0 bridgehead atoms. The van der Waals surface area contributed by atoms with Crippen molar-refractivity contribution < 1.29 is 4.79 Å². The molecule has 0 amide bonds. The van der Waals surface area contributed by atoms with Crippen molar-refractivity contribution >= 4 is 32.8 Å². The topological polar surface area (TPSA) is 20.3 Å². The average Bonchev–Trinajstić information content (AvgIpc) is 3.26. The molecular formula is C31H37NOS. The highest BCUT2D eigenvalue weighted by Crippen LogP contribution is 2.37. The zero-order chi connectivity index (χ0) is 23.4. The Labute approximate surface area is 208 Å². The highest BCUT2D eigenvalue weighted by Gasteiger charge is 2.39. The van der Waals surface area contributed by atoms with Crippen molar-refractivity contribution in [2.24, 2.45) is 5.92 Å². The number of hydrogen-bond donors (Lipinski definition) is 0. The minimum Gasteiger partial charge on any atom is -0.300 e. The first-order chi connectivity index (χ1) is 16.6. The SMILES string of the molecule is CC(CCN1CC=C(c2cccc3ccsc23)CCC1)(C(=O)C1CCCCC1)c1ccccc1. The normalized spacial score (nSPS) is 20.0. The summed E-state index contributed by atoms with van der Waals surface area (Å²) in [6, 6.07) is 19.5. The van der Waals surface area contributed by atoms with Crippen molar-refractivity contribution in [2.75, 3.05) is 19.6 Å². The molecule has 3 heteroatoms. The van der Waals surface area contributed by atoms with Gasteiger partial charge in [0.25, 0.3) is 0 Å². The van der Waals surface area contributed by atoms with Crippen LogP contribution in [0.3, 0.4) is 0 Å². The van der Waals surface area contributed by atoms with E-state index in [-0.39, 0.29) is 5.92 Å². The van der Waals surface area contributed by atoms with Crippen LogP contribution in [0.5, 0.6) is 0 Å². The van der Waals surface area contributed by atoms with Gasteiger partial charge in [-0.25, -0.2) is 0 Å². The van der Waals surface area contributed by atoms with Gasteiger partial charge in [-0.2, -0.15) is 0 Å². The predicted octanol–water partition coefficient (Wildman–Crippen LogP) is 7.88. The first-order valence-electron chi connectivity index (χ1n) is 13.1. The van der Waals surface area contributed by atoms with Crippen molar-refractivity contribution in [1.82, 2.24) is 4.90 Å². The summed E-state index contributed by atoms with van der Waals surface area (Å²) in [6.45, 7) is 5.26. The van der Waals surface area contributed by atoms with E-state index >= 15 is 0 Å². The molecule has 178 valence electrons. The lowest BCUT2D eigenvalue weighted by molar-refractivity contribution is -0.129. The van der Waals surface area contributed by atoms with E-state index in [1.165, 1.54) is 52.5 Å². The van der Waals surface area contributed by atoms with Gasteiger partial charge in [-0.1, -0.05) is 73.9 Å². The Kier molecular flexibility index (Phi) is 7.32. The van der Waals surface area contributed by atoms with E-state index in [0.717, 1.165) is 45.3 Å². The fourth-order valence-corrected chi connectivity index (χ4v) is 6.98. The summed E-state index contributed by atoms with van der Waals surface area (Å²) in [6.07, 6.45) is 11.5. The fraction of sp³-hybridized carbons (Fsp3) is 0.452. The summed E-state index contributed by atoms with van der Waals surface area (Å²) in [4.78, 5) is 16.4. The largest absolute Gasteiger partial charge is 0.300 e. The van der Waals surface area contributed by atoms with Crippen molar-refractivity contribution in [1.29, 1.82) is 0 Å². The van der Waals surface area contributed by atoms with Crippen molar-refractivity contribution in [3.63, 3.8) is 0 Å². The van der Waals surface area contributed by atoms with Crippen LogP contribution in [0.25, 0.3) is 15.7 Å². The van der Waals surface area contributed by atoms with E-state index in [1.807, 2.05) is 11.3 Å². The van der Waals surface area contributed by atoms with Crippen molar-refractivity contribution in [2.45, 2.75) is 63.7 Å². The maximum atomic E-state index is 13.9. The third-order valence-corrected chi connectivity index (χ3v) is 9.16. The molecule has 1 fully saturated rings. The van der Waals surface area contributed by atoms with Crippen LogP contribution in [0.15, 0.2) is 66.1 Å². The van der Waals surface area contributed by atoms with Crippen LogP contribution in [0, 0.1) is 5.92 Å². The molecule has 2 aromatic carbocycles. The number of fused-ring (bicyclic) bond motifs is 1. The standard InChI is InChI=1S/C31H37NOS/c1-31(27-14-6-3-7-15-27,30(33)26-10-4-2-5-11-26)19-22-32-20-9-13-24(17-21-32)28-16-8-12-25-18-23-34-29(25)28/h3,6-8,12,14-18,23,26H,2,4-5,9-11,13,19-22H2,1H3. The molecule has 2 aliphatic rings. The Balaban J connectivity index is 1.32. The second-order valence-electron chi connectivity index (χ2n) is 10.4. The molecule has 2 heterocycles. The van der Waals surface area contributed by atoms with Crippen LogP contribution < -0.4 is 0 Å². The van der Waals surface area contributed by atoms with Crippen LogP contribution in [-0.4, -0.2) is 30.3 Å². The molecule has 1 atom stereocenters. The molecule has 0 radical (unpaired) electrons. The number of thiophene rings is 1. The van der Waals surface area contributed by atoms with Gasteiger partial charge >= 0.3 is 0 Å². The maximum absolute atomic E-state index is 13.9. The molecule has 1 aliphatic carbocycles. The summed E-state index contributed by atoms with van der Waals surface area (Å²) < 4.78 is 1.41. The smallest absolute Gasteiger partial charge is 0.146 e. The lowest BCUT2D eigenvalue weighted by Gasteiger charge is -2.35. The summed E-state index contributed by atoms with van der Waals surface area (Å²) in [5, 5.41) is 3.55. The monoisotopic (exact) mass is 471 g/mol. The van der Waals surface area contributed by atoms with Crippen LogP contribution >= 0.6 is 11.3 Å². The van der Waals surface area contributed by atoms with Gasteiger partial charge < -0.3 is 0 Å². The second-order valence-corrected chi connectivity index (χ2v) is 11.3. The number of benzene rings is 2. The van der Waals surface area contributed by atoms with E-state index in [2.05, 4.69) is 77.9 Å². The lowest BCUT2D eigenvalue weighted by Crippen LogP contribution is -2.41. The van der Waals surface area contributed by atoms with Gasteiger partial charge in [0, 0.05) is 17.2 Å². The van der Waals surface area contributed by atoms with Crippen molar-refractivity contribution in [3.05, 3.63) is 77.2 Å². The second kappa shape index (κ2) is 10.6. The number of carbonyl (C=O) groups is 1. The third-order valence-electron chi connectivity index (χ3n) is 8.20. The van der Waals surface area contributed by atoms with Gasteiger partial charge in [0.05, 0.1) is 5.41 Å². The lowest BCUT2D eigenvalue weighted by atomic mass is 9.69. The molecule has 1 unspecified atom stereocenters. The summed E-state index contributed by atoms with van der Waals surface area (Å²) in [5.74, 6) is 0.717. The zero-order valence-corrected chi connectivity index (χ0v) is 21.3. The maximum Gasteiger partial charge on any atom is 0.146 e. The summed E-state index contributed by atoms with van der Waals surface area (Å²) in [5.41, 5.74) is 3.70. The van der Waals surface area contributed by atoms with Gasteiger partial charge in [0.15, 0.2) is 0 Å². The van der Waals surface area contributed by atoms with Gasteiger partial charge in [-0.05, 0) is 85.7 Å². The van der Waals surface area contributed by atoms with E-state index < -0.39 is 5.41 Å². The van der Waals surface area contributed by atoms with Crippen LogP contribution in [0.2, 0.25) is 0 Å². The molecule has 3 aromatic rings. The predicted molar refractivity (Wildman–Crippen MR) is 145 cm³/mol. The molecule has 5 rings (SSSR count). The Morgan fingerprint density at radius 3 is 2.65 bits per heavy atom. The third kappa shape index (κ3) is 4.92. The fourth-order valence-electron chi connectivity index (χ4n) is 6.03. The molecule has 0 spiro atoms. The van der Waals surface area contributed by atoms with Gasteiger partial charge in [0.2, 0.25) is 0 Å². The number of ketones is 1. The van der Waals surface area contributed by atoms with E-state index in [1.54, 1.807) is 0 Å². The molecule has 0 N–H and O–H groups in total. The van der Waals surface area contributed by atoms with Gasteiger partial charge in [-0.15, -0.1) is 11.3 Å². The number of Topliss-reactive ketones (excluding diaryl/α,β-unsaturated/α-hetero) is 1. The molecule has 1 aromatic heterocycles. The average molecular weight is 472 g/mol. The number of nitrogens with zero attached hydrogens (tertiary/aromatic N) is 1. The van der Waals surface area contributed by atoms with Gasteiger partial charge in [0.1, 0.15) is 5.78 Å². The van der Waals surface area contributed by atoms with Crippen LogP contribution in [-0.2, 0) is 10.2 Å². The van der Waals surface area contributed by atoms with Crippen LogP contribution in [0.4, 0.5) is 0 Å². The number of hydrogen-bond acceptors (Lipinski definition) is 3. The Morgan fingerprint density at radius 1 is 1.00 bits per heavy atom. The summed E-state index contributed by atoms with van der Waals surface area (Å²) in [7, 11) is 0. The van der Waals surface area contributed by atoms with Gasteiger partial charge in [-0.3, -0.25) is 9.69 Å². The van der Waals surface area contributed by atoms with E-state index in [9.17, 15) is 4.79 Å².